The van der Waals surface area contributed by atoms with Gasteiger partial charge in [-0.2, -0.15) is 0 Å². The summed E-state index contributed by atoms with van der Waals surface area (Å²) in [4.78, 5) is 50.5. The number of hydrogen-bond acceptors (Lipinski definition) is 6. The van der Waals surface area contributed by atoms with E-state index in [1.54, 1.807) is 66.7 Å². The fourth-order valence-corrected chi connectivity index (χ4v) is 3.69. The van der Waals surface area contributed by atoms with Gasteiger partial charge in [-0.3, -0.25) is 14.9 Å². The Morgan fingerprint density at radius 2 is 1.43 bits per heavy atom. The number of benzene rings is 2. The first-order chi connectivity index (χ1) is 18.5. The van der Waals surface area contributed by atoms with Crippen LogP contribution in [0.2, 0.25) is 0 Å². The van der Waals surface area contributed by atoms with Crippen LogP contribution in [-0.4, -0.2) is 41.5 Å². The predicted octanol–water partition coefficient (Wildman–Crippen LogP) is 6.85. The Kier molecular flexibility index (Phi) is 10.5. The molecule has 0 aliphatic heterocycles. The first kappa shape index (κ1) is 31.9. The molecular weight excluding hydrogens is 515 g/mol. The van der Waals surface area contributed by atoms with Crippen molar-refractivity contribution < 1.29 is 33.0 Å². The number of carbonyl (C=O) groups is 4. The van der Waals surface area contributed by atoms with Crippen molar-refractivity contribution >= 4 is 35.0 Å². The molecule has 0 radical (unpaired) electrons. The van der Waals surface area contributed by atoms with Gasteiger partial charge in [0.2, 0.25) is 0 Å². The lowest BCUT2D eigenvalue weighted by Crippen LogP contribution is -2.33. The summed E-state index contributed by atoms with van der Waals surface area (Å²) in [5, 5.41) is 5.31. The average Bonchev–Trinajstić information content (AvgIpc) is 2.80. The summed E-state index contributed by atoms with van der Waals surface area (Å²) in [6.45, 7) is 13.4. The van der Waals surface area contributed by atoms with Crippen LogP contribution in [0.25, 0.3) is 5.57 Å². The van der Waals surface area contributed by atoms with Gasteiger partial charge in [0, 0.05) is 23.4 Å². The van der Waals surface area contributed by atoms with Gasteiger partial charge in [0.25, 0.3) is 0 Å². The molecule has 2 N–H and O–H groups in total. The quantitative estimate of drug-likeness (QED) is 0.211. The van der Waals surface area contributed by atoms with Crippen LogP contribution in [0.3, 0.4) is 0 Å². The third kappa shape index (κ3) is 10.1. The van der Waals surface area contributed by atoms with Gasteiger partial charge in [0.15, 0.2) is 11.6 Å². The molecule has 214 valence electrons. The molecule has 2 amide bonds. The van der Waals surface area contributed by atoms with E-state index in [4.69, 9.17) is 9.47 Å². The Bertz CT molecular complexity index is 1330. The number of anilines is 1. The molecular formula is C31H37FN2O6. The minimum Gasteiger partial charge on any atom is -0.444 e. The summed E-state index contributed by atoms with van der Waals surface area (Å²) in [5.41, 5.74) is 0.605. The molecule has 2 aromatic rings. The second kappa shape index (κ2) is 13.2. The van der Waals surface area contributed by atoms with Gasteiger partial charge in [-0.05, 0) is 121 Å². The fraction of sp³-hybridized carbons (Fsp3) is 0.355. The van der Waals surface area contributed by atoms with E-state index in [1.165, 1.54) is 43.3 Å². The van der Waals surface area contributed by atoms with Crippen LogP contribution >= 0.6 is 0 Å². The van der Waals surface area contributed by atoms with Crippen molar-refractivity contribution in [2.75, 3.05) is 11.9 Å². The van der Waals surface area contributed by atoms with Crippen molar-refractivity contribution in [2.45, 2.75) is 66.6 Å². The molecule has 2 rings (SSSR count). The molecule has 2 aromatic carbocycles. The maximum atomic E-state index is 13.5. The van der Waals surface area contributed by atoms with Crippen molar-refractivity contribution in [2.24, 2.45) is 0 Å². The molecule has 0 atom stereocenters. The Labute approximate surface area is 234 Å². The molecule has 0 fully saturated rings. The third-order valence-corrected chi connectivity index (χ3v) is 5.14. The number of hydrogen-bond donors (Lipinski definition) is 2. The summed E-state index contributed by atoms with van der Waals surface area (Å²) in [6.07, 6.45) is 1.68. The van der Waals surface area contributed by atoms with E-state index in [2.05, 4.69) is 10.6 Å². The summed E-state index contributed by atoms with van der Waals surface area (Å²) in [7, 11) is 0. The highest BCUT2D eigenvalue weighted by Gasteiger charge is 2.22. The molecule has 0 heterocycles. The minimum atomic E-state index is -0.732. The Morgan fingerprint density at radius 3 is 1.95 bits per heavy atom. The van der Waals surface area contributed by atoms with Gasteiger partial charge in [-0.25, -0.2) is 14.0 Å². The van der Waals surface area contributed by atoms with Crippen LogP contribution in [0.1, 0.15) is 76.9 Å². The number of alkyl carbamates (subject to hydrolysis) is 1. The molecule has 0 aliphatic rings. The lowest BCUT2D eigenvalue weighted by Gasteiger charge is -2.22. The van der Waals surface area contributed by atoms with Crippen LogP contribution < -0.4 is 10.6 Å². The standard InChI is InChI=1S/C31H37FN2O6/c1-9-24(21(16-19(2)35)18-33-28(37)39-30(3,4)5)26-17-23(34-29(38)40-31(6,7)8)14-15-25(26)27(36)20-10-12-22(32)13-11-20/h9-17H,18H2,1-8H3,(H,33,37)(H,34,38)/b21-16-,24-9+. The average molecular weight is 553 g/mol. The zero-order valence-corrected chi connectivity index (χ0v) is 24.2. The van der Waals surface area contributed by atoms with Crippen LogP contribution in [0.4, 0.5) is 19.7 Å². The van der Waals surface area contributed by atoms with Crippen molar-refractivity contribution in [3.8, 4) is 0 Å². The maximum absolute atomic E-state index is 13.5. The largest absolute Gasteiger partial charge is 0.444 e. The zero-order valence-electron chi connectivity index (χ0n) is 24.2. The van der Waals surface area contributed by atoms with Gasteiger partial charge in [-0.1, -0.05) is 6.08 Å². The molecule has 0 aliphatic carbocycles. The molecule has 0 bridgehead atoms. The first-order valence-electron chi connectivity index (χ1n) is 12.8. The van der Waals surface area contributed by atoms with Crippen LogP contribution in [0.5, 0.6) is 0 Å². The molecule has 0 saturated carbocycles. The number of nitrogens with one attached hydrogen (secondary N) is 2. The maximum Gasteiger partial charge on any atom is 0.412 e. The summed E-state index contributed by atoms with van der Waals surface area (Å²) in [6, 6.07) is 9.79. The highest BCUT2D eigenvalue weighted by atomic mass is 19.1. The molecule has 0 saturated heterocycles. The van der Waals surface area contributed by atoms with Gasteiger partial charge < -0.3 is 14.8 Å². The molecule has 40 heavy (non-hydrogen) atoms. The Morgan fingerprint density at radius 1 is 0.850 bits per heavy atom. The molecule has 0 spiro atoms. The van der Waals surface area contributed by atoms with Gasteiger partial charge >= 0.3 is 12.2 Å². The van der Waals surface area contributed by atoms with Crippen LogP contribution in [0.15, 0.2) is 60.2 Å². The Hall–Kier alpha value is -4.27. The Balaban J connectivity index is 2.60. The van der Waals surface area contributed by atoms with Crippen LogP contribution in [0, 0.1) is 5.82 Å². The first-order valence-corrected chi connectivity index (χ1v) is 12.8. The van der Waals surface area contributed by atoms with Crippen LogP contribution in [-0.2, 0) is 14.3 Å². The number of allylic oxidation sites excluding steroid dienone is 2. The monoisotopic (exact) mass is 552 g/mol. The number of carbonyl (C=O) groups excluding carboxylic acids is 4. The van der Waals surface area contributed by atoms with E-state index in [1.807, 2.05) is 0 Å². The smallest absolute Gasteiger partial charge is 0.412 e. The summed E-state index contributed by atoms with van der Waals surface area (Å²) >= 11 is 0. The van der Waals surface area contributed by atoms with E-state index in [9.17, 15) is 23.6 Å². The second-order valence-electron chi connectivity index (χ2n) is 11.1. The molecule has 9 heteroatoms. The highest BCUT2D eigenvalue weighted by molar-refractivity contribution is 6.13. The normalized spacial score (nSPS) is 12.4. The van der Waals surface area contributed by atoms with E-state index in [-0.39, 0.29) is 23.5 Å². The predicted molar refractivity (Wildman–Crippen MR) is 153 cm³/mol. The number of rotatable bonds is 8. The van der Waals surface area contributed by atoms with Gasteiger partial charge in [-0.15, -0.1) is 0 Å². The van der Waals surface area contributed by atoms with E-state index in [0.717, 1.165) is 0 Å². The number of ether oxygens (including phenoxy) is 2. The molecule has 0 aromatic heterocycles. The van der Waals surface area contributed by atoms with Gasteiger partial charge in [0.1, 0.15) is 17.0 Å². The number of halogens is 1. The number of ketones is 2. The van der Waals surface area contributed by atoms with Gasteiger partial charge in [0.05, 0.1) is 0 Å². The number of amides is 2. The van der Waals surface area contributed by atoms with E-state index >= 15 is 0 Å². The topological polar surface area (TPSA) is 111 Å². The summed E-state index contributed by atoms with van der Waals surface area (Å²) in [5.74, 6) is -1.17. The molecule has 0 unspecified atom stereocenters. The second-order valence-corrected chi connectivity index (χ2v) is 11.1. The third-order valence-electron chi connectivity index (χ3n) is 5.14. The fourth-order valence-electron chi connectivity index (χ4n) is 3.69. The van der Waals surface area contributed by atoms with E-state index in [0.29, 0.717) is 22.4 Å². The summed E-state index contributed by atoms with van der Waals surface area (Å²) < 4.78 is 24.2. The highest BCUT2D eigenvalue weighted by Crippen LogP contribution is 2.31. The lowest BCUT2D eigenvalue weighted by molar-refractivity contribution is -0.112. The lowest BCUT2D eigenvalue weighted by atomic mass is 9.89. The zero-order chi connectivity index (χ0) is 30.3. The van der Waals surface area contributed by atoms with Crippen molar-refractivity contribution in [1.29, 1.82) is 0 Å². The van der Waals surface area contributed by atoms with Crippen molar-refractivity contribution in [3.63, 3.8) is 0 Å². The van der Waals surface area contributed by atoms with Crippen molar-refractivity contribution in [1.82, 2.24) is 5.32 Å². The molecule has 8 nitrogen and oxygen atoms in total. The van der Waals surface area contributed by atoms with E-state index < -0.39 is 35.0 Å². The minimum absolute atomic E-state index is 0.0813. The van der Waals surface area contributed by atoms with Crippen molar-refractivity contribution in [3.05, 3.63) is 82.7 Å². The SMILES string of the molecule is C/C=C(\C(=C/C(C)=O)CNC(=O)OC(C)(C)C)c1cc(NC(=O)OC(C)(C)C)ccc1C(=O)c1ccc(F)cc1.